The number of fused-ring (bicyclic) bond motifs is 1. The lowest BCUT2D eigenvalue weighted by Crippen LogP contribution is -2.70. The van der Waals surface area contributed by atoms with Gasteiger partial charge in [-0.05, 0) is 17.5 Å². The van der Waals surface area contributed by atoms with Gasteiger partial charge in [-0.2, -0.15) is 0 Å². The molecule has 2 aromatic carbocycles. The van der Waals surface area contributed by atoms with Crippen molar-refractivity contribution in [1.82, 2.24) is 10.2 Å². The molecule has 2 aliphatic rings. The summed E-state index contributed by atoms with van der Waals surface area (Å²) in [7, 11) is 0. The third-order valence-corrected chi connectivity index (χ3v) is 5.45. The molecular weight excluding hydrogens is 344 g/mol. The average molecular weight is 366 g/mol. The zero-order valence-electron chi connectivity index (χ0n) is 14.9. The van der Waals surface area contributed by atoms with E-state index in [-0.39, 0.29) is 25.0 Å². The van der Waals surface area contributed by atoms with Crippen LogP contribution in [-0.2, 0) is 21.7 Å². The highest BCUT2D eigenvalue weighted by atomic mass is 16.5. The van der Waals surface area contributed by atoms with Crippen molar-refractivity contribution < 1.29 is 19.4 Å². The highest BCUT2D eigenvalue weighted by Gasteiger charge is 2.55. The fourth-order valence-corrected chi connectivity index (χ4v) is 3.94. The summed E-state index contributed by atoms with van der Waals surface area (Å²) >= 11 is 0. The van der Waals surface area contributed by atoms with Gasteiger partial charge in [0.25, 0.3) is 0 Å². The largest absolute Gasteiger partial charge is 0.445 e. The molecule has 4 rings (SSSR count). The number of aliphatic hydroxyl groups is 1. The Balaban J connectivity index is 1.46. The van der Waals surface area contributed by atoms with Crippen molar-refractivity contribution in [1.29, 1.82) is 0 Å². The van der Waals surface area contributed by atoms with E-state index in [2.05, 4.69) is 5.32 Å². The van der Waals surface area contributed by atoms with E-state index >= 15 is 0 Å². The second-order valence-electron chi connectivity index (χ2n) is 7.09. The summed E-state index contributed by atoms with van der Waals surface area (Å²) in [4.78, 5) is 26.5. The van der Waals surface area contributed by atoms with Crippen molar-refractivity contribution in [2.24, 2.45) is 0 Å². The molecule has 2 heterocycles. The third kappa shape index (κ3) is 3.28. The monoisotopic (exact) mass is 366 g/mol. The number of nitrogens with one attached hydrogen (secondary N) is 1. The van der Waals surface area contributed by atoms with Crippen LogP contribution in [0.1, 0.15) is 24.0 Å². The molecule has 0 spiro atoms. The first-order valence-electron chi connectivity index (χ1n) is 9.13. The Morgan fingerprint density at radius 3 is 2.44 bits per heavy atom. The standard InChI is InChI=1S/C21H22N2O4/c24-19-17(22-20(25)27-14-15-7-3-1-4-8-15)13-21(26,18-11-12-23(18)19)16-9-5-2-6-10-16/h1-10,17-18,26H,11-14H2,(H,22,25)/t17-,18+,21-/m0/s1. The highest BCUT2D eigenvalue weighted by Crippen LogP contribution is 2.43. The van der Waals surface area contributed by atoms with Crippen molar-refractivity contribution in [3.05, 3.63) is 71.8 Å². The van der Waals surface area contributed by atoms with Crippen LogP contribution < -0.4 is 5.32 Å². The summed E-state index contributed by atoms with van der Waals surface area (Å²) in [5.41, 5.74) is 0.452. The molecule has 2 aliphatic heterocycles. The average Bonchev–Trinajstić information content (AvgIpc) is 2.65. The fourth-order valence-electron chi connectivity index (χ4n) is 3.94. The van der Waals surface area contributed by atoms with Crippen LogP contribution in [0.3, 0.4) is 0 Å². The number of carbonyl (C=O) groups is 2. The second-order valence-corrected chi connectivity index (χ2v) is 7.09. The van der Waals surface area contributed by atoms with Gasteiger partial charge in [0.1, 0.15) is 18.2 Å². The summed E-state index contributed by atoms with van der Waals surface area (Å²) in [5, 5.41) is 14.0. The Hall–Kier alpha value is -2.86. The molecule has 140 valence electrons. The van der Waals surface area contributed by atoms with Gasteiger partial charge in [-0.15, -0.1) is 0 Å². The summed E-state index contributed by atoms with van der Waals surface area (Å²) in [5.74, 6) is -0.163. The summed E-state index contributed by atoms with van der Waals surface area (Å²) < 4.78 is 5.23. The van der Waals surface area contributed by atoms with E-state index in [1.54, 1.807) is 4.90 Å². The Morgan fingerprint density at radius 2 is 1.81 bits per heavy atom. The summed E-state index contributed by atoms with van der Waals surface area (Å²) in [6.45, 7) is 0.721. The van der Waals surface area contributed by atoms with E-state index in [9.17, 15) is 14.7 Å². The van der Waals surface area contributed by atoms with E-state index in [0.717, 1.165) is 17.5 Å². The topological polar surface area (TPSA) is 78.9 Å². The van der Waals surface area contributed by atoms with Crippen molar-refractivity contribution in [3.8, 4) is 0 Å². The molecule has 2 amide bonds. The van der Waals surface area contributed by atoms with Crippen LogP contribution in [0.2, 0.25) is 0 Å². The van der Waals surface area contributed by atoms with E-state index in [4.69, 9.17) is 4.74 Å². The highest BCUT2D eigenvalue weighted by molar-refractivity contribution is 5.88. The molecule has 0 bridgehead atoms. The number of nitrogens with zero attached hydrogens (tertiary/aromatic N) is 1. The molecule has 0 saturated carbocycles. The predicted octanol–water partition coefficient (Wildman–Crippen LogP) is 2.17. The van der Waals surface area contributed by atoms with E-state index in [1.165, 1.54) is 0 Å². The van der Waals surface area contributed by atoms with Gasteiger partial charge >= 0.3 is 6.09 Å². The van der Waals surface area contributed by atoms with E-state index in [0.29, 0.717) is 6.54 Å². The number of ether oxygens (including phenoxy) is 1. The fraction of sp³-hybridized carbons (Fsp3) is 0.333. The van der Waals surface area contributed by atoms with E-state index in [1.807, 2.05) is 60.7 Å². The zero-order valence-corrected chi connectivity index (χ0v) is 14.9. The molecule has 2 saturated heterocycles. The van der Waals surface area contributed by atoms with Crippen LogP contribution >= 0.6 is 0 Å². The van der Waals surface area contributed by atoms with Crippen molar-refractivity contribution >= 4 is 12.0 Å². The molecule has 0 radical (unpaired) electrons. The lowest BCUT2D eigenvalue weighted by molar-refractivity contribution is -0.174. The maximum Gasteiger partial charge on any atom is 0.408 e. The van der Waals surface area contributed by atoms with Crippen LogP contribution in [0, 0.1) is 0 Å². The SMILES string of the molecule is O=C(N[C@H]1C[C@](O)(c2ccccc2)[C@H]2CCN2C1=O)OCc1ccccc1. The van der Waals surface area contributed by atoms with Crippen molar-refractivity contribution in [2.75, 3.05) is 6.54 Å². The van der Waals surface area contributed by atoms with Gasteiger partial charge in [-0.1, -0.05) is 60.7 Å². The van der Waals surface area contributed by atoms with Gasteiger partial charge in [-0.25, -0.2) is 4.79 Å². The third-order valence-electron chi connectivity index (χ3n) is 5.45. The Labute approximate surface area is 157 Å². The molecule has 2 N–H and O–H groups in total. The smallest absolute Gasteiger partial charge is 0.408 e. The number of hydrogen-bond donors (Lipinski definition) is 2. The minimum Gasteiger partial charge on any atom is -0.445 e. The first kappa shape index (κ1) is 17.5. The number of carbonyl (C=O) groups excluding carboxylic acids is 2. The van der Waals surface area contributed by atoms with Crippen molar-refractivity contribution in [2.45, 2.75) is 37.1 Å². The number of amides is 2. The molecule has 0 aliphatic carbocycles. The minimum absolute atomic E-state index is 0.128. The molecular formula is C21H22N2O4. The number of hydrogen-bond acceptors (Lipinski definition) is 4. The van der Waals surface area contributed by atoms with Gasteiger partial charge in [0, 0.05) is 13.0 Å². The minimum atomic E-state index is -1.18. The molecule has 27 heavy (non-hydrogen) atoms. The van der Waals surface area contributed by atoms with Crippen LogP contribution in [-0.4, -0.2) is 40.6 Å². The van der Waals surface area contributed by atoms with Gasteiger partial charge < -0.3 is 20.1 Å². The molecule has 0 aromatic heterocycles. The van der Waals surface area contributed by atoms with Crippen molar-refractivity contribution in [3.63, 3.8) is 0 Å². The molecule has 0 unspecified atom stereocenters. The normalized spacial score (nSPS) is 26.7. The number of benzene rings is 2. The number of alkyl carbamates (subject to hydrolysis) is 1. The first-order valence-corrected chi connectivity index (χ1v) is 9.13. The quantitative estimate of drug-likeness (QED) is 0.869. The first-order chi connectivity index (χ1) is 13.1. The molecule has 6 heteroatoms. The second kappa shape index (κ2) is 7.04. The van der Waals surface area contributed by atoms with Gasteiger partial charge in [0.2, 0.25) is 5.91 Å². The molecule has 3 atom stereocenters. The van der Waals surface area contributed by atoms with E-state index < -0.39 is 17.7 Å². The van der Waals surface area contributed by atoms with Crippen LogP contribution in [0.4, 0.5) is 4.79 Å². The Kier molecular flexibility index (Phi) is 4.58. The van der Waals surface area contributed by atoms with Gasteiger partial charge in [0.15, 0.2) is 0 Å². The van der Waals surface area contributed by atoms with Crippen LogP contribution in [0.25, 0.3) is 0 Å². The zero-order chi connectivity index (χ0) is 18.9. The maximum atomic E-state index is 12.7. The number of piperidine rings is 1. The Bertz CT molecular complexity index is 827. The number of rotatable bonds is 4. The predicted molar refractivity (Wildman–Crippen MR) is 98.6 cm³/mol. The summed E-state index contributed by atoms with van der Waals surface area (Å²) in [6, 6.07) is 17.6. The Morgan fingerprint density at radius 1 is 1.15 bits per heavy atom. The van der Waals surface area contributed by atoms with Gasteiger partial charge in [0.05, 0.1) is 6.04 Å². The molecule has 2 aromatic rings. The van der Waals surface area contributed by atoms with Gasteiger partial charge in [-0.3, -0.25) is 4.79 Å². The lowest BCUT2D eigenvalue weighted by atomic mass is 9.72. The van der Waals surface area contributed by atoms with Crippen LogP contribution in [0.5, 0.6) is 0 Å². The molecule has 2 fully saturated rings. The lowest BCUT2D eigenvalue weighted by Gasteiger charge is -2.55. The summed E-state index contributed by atoms with van der Waals surface area (Å²) in [6.07, 6.45) is 0.228. The molecule has 6 nitrogen and oxygen atoms in total. The van der Waals surface area contributed by atoms with Crippen LogP contribution in [0.15, 0.2) is 60.7 Å². The maximum absolute atomic E-state index is 12.7.